The first kappa shape index (κ1) is 15.9. The number of carbonyl (C=O) groups is 1. The lowest BCUT2D eigenvalue weighted by Crippen LogP contribution is -2.30. The van der Waals surface area contributed by atoms with E-state index < -0.39 is 0 Å². The zero-order valence-corrected chi connectivity index (χ0v) is 16.2. The third-order valence-corrected chi connectivity index (χ3v) is 6.58. The van der Waals surface area contributed by atoms with Gasteiger partial charge in [0.25, 0.3) is 5.91 Å². The molecule has 2 aromatic rings. The zero-order valence-electron chi connectivity index (χ0n) is 11.4. The molecule has 1 N–H and O–H groups in total. The molecule has 1 fully saturated rings. The van der Waals surface area contributed by atoms with Crippen LogP contribution >= 0.6 is 55.4 Å². The number of benzene rings is 1. The number of hydrogen-bond donors (Lipinski definition) is 1. The van der Waals surface area contributed by atoms with Gasteiger partial charge in [-0.3, -0.25) is 9.69 Å². The van der Waals surface area contributed by atoms with Gasteiger partial charge in [-0.05, 0) is 80.8 Å². The van der Waals surface area contributed by atoms with E-state index in [4.69, 9.17) is 12.2 Å². The van der Waals surface area contributed by atoms with Gasteiger partial charge in [0.15, 0.2) is 5.11 Å². The van der Waals surface area contributed by atoms with Crippen molar-refractivity contribution >= 4 is 78.2 Å². The number of carbonyl (C=O) groups excluding carboxylic acids is 1. The van der Waals surface area contributed by atoms with Crippen LogP contribution in [-0.4, -0.2) is 11.0 Å². The Morgan fingerprint density at radius 2 is 2.09 bits per heavy atom. The molecule has 1 amide bonds. The first-order valence-electron chi connectivity index (χ1n) is 6.34. The van der Waals surface area contributed by atoms with Crippen LogP contribution in [0.4, 0.5) is 5.69 Å². The maximum absolute atomic E-state index is 12.6. The summed E-state index contributed by atoms with van der Waals surface area (Å²) >= 11 is 13.7. The third kappa shape index (κ3) is 3.03. The van der Waals surface area contributed by atoms with Crippen molar-refractivity contribution in [2.75, 3.05) is 4.90 Å². The maximum Gasteiger partial charge on any atom is 0.281 e. The molecule has 0 aliphatic carbocycles. The SMILES string of the molecule is Cc1cccc(N2C(=O)/C(=C\c3cc(Br)c(Br)s3)NC2=S)c1. The molecule has 1 aromatic heterocycles. The average molecular weight is 458 g/mol. The summed E-state index contributed by atoms with van der Waals surface area (Å²) in [4.78, 5) is 15.1. The van der Waals surface area contributed by atoms with Crippen molar-refractivity contribution in [2.24, 2.45) is 0 Å². The summed E-state index contributed by atoms with van der Waals surface area (Å²) < 4.78 is 1.95. The molecule has 3 rings (SSSR count). The van der Waals surface area contributed by atoms with Gasteiger partial charge in [0.05, 0.1) is 9.47 Å². The van der Waals surface area contributed by atoms with Crippen LogP contribution in [0, 0.1) is 6.92 Å². The Balaban J connectivity index is 1.94. The monoisotopic (exact) mass is 456 g/mol. The third-order valence-electron chi connectivity index (χ3n) is 3.09. The van der Waals surface area contributed by atoms with Crippen LogP contribution in [0.2, 0.25) is 0 Å². The lowest BCUT2D eigenvalue weighted by molar-refractivity contribution is -0.113. The van der Waals surface area contributed by atoms with E-state index in [-0.39, 0.29) is 5.91 Å². The second-order valence-corrected chi connectivity index (χ2v) is 8.38. The number of anilines is 1. The van der Waals surface area contributed by atoms with Gasteiger partial charge in [-0.2, -0.15) is 0 Å². The van der Waals surface area contributed by atoms with Crippen LogP contribution in [0.5, 0.6) is 0 Å². The maximum atomic E-state index is 12.6. The van der Waals surface area contributed by atoms with Gasteiger partial charge in [-0.1, -0.05) is 12.1 Å². The normalized spacial score (nSPS) is 16.5. The molecule has 0 spiro atoms. The fourth-order valence-electron chi connectivity index (χ4n) is 2.11. The van der Waals surface area contributed by atoms with Crippen molar-refractivity contribution in [1.29, 1.82) is 0 Å². The molecule has 2 heterocycles. The number of thiophene rings is 1. The smallest absolute Gasteiger partial charge is 0.281 e. The molecule has 112 valence electrons. The van der Waals surface area contributed by atoms with Crippen molar-refractivity contribution in [3.05, 3.63) is 54.7 Å². The largest absolute Gasteiger partial charge is 0.327 e. The Bertz CT molecular complexity index is 794. The summed E-state index contributed by atoms with van der Waals surface area (Å²) in [5.41, 5.74) is 2.34. The number of hydrogen-bond acceptors (Lipinski definition) is 3. The van der Waals surface area contributed by atoms with Crippen LogP contribution in [0.25, 0.3) is 6.08 Å². The zero-order chi connectivity index (χ0) is 15.9. The summed E-state index contributed by atoms with van der Waals surface area (Å²) in [5, 5.41) is 3.39. The van der Waals surface area contributed by atoms with Crippen molar-refractivity contribution in [3.8, 4) is 0 Å². The van der Waals surface area contributed by atoms with Gasteiger partial charge in [-0.25, -0.2) is 0 Å². The summed E-state index contributed by atoms with van der Waals surface area (Å²) in [6, 6.07) is 9.66. The molecule has 0 saturated carbocycles. The highest BCUT2D eigenvalue weighted by atomic mass is 79.9. The van der Waals surface area contributed by atoms with E-state index in [1.807, 2.05) is 43.3 Å². The first-order valence-corrected chi connectivity index (χ1v) is 9.15. The van der Waals surface area contributed by atoms with Gasteiger partial charge < -0.3 is 5.32 Å². The number of nitrogens with zero attached hydrogens (tertiary/aromatic N) is 1. The van der Waals surface area contributed by atoms with E-state index >= 15 is 0 Å². The van der Waals surface area contributed by atoms with Crippen LogP contribution in [0.15, 0.2) is 44.3 Å². The minimum atomic E-state index is -0.142. The standard InChI is InChI=1S/C15H10Br2N2OS2/c1-8-3-2-4-9(5-8)19-14(20)12(18-15(19)21)7-10-6-11(16)13(17)22-10/h2-7H,1H3,(H,18,21)/b12-7+. The van der Waals surface area contributed by atoms with E-state index in [1.165, 1.54) is 4.90 Å². The number of nitrogens with one attached hydrogen (secondary N) is 1. The molecule has 1 aliphatic heterocycles. The first-order chi connectivity index (χ1) is 10.5. The molecule has 22 heavy (non-hydrogen) atoms. The molecular weight excluding hydrogens is 448 g/mol. The highest BCUT2D eigenvalue weighted by molar-refractivity contribution is 9.13. The number of aryl methyl sites for hydroxylation is 1. The van der Waals surface area contributed by atoms with E-state index in [1.54, 1.807) is 11.3 Å². The summed E-state index contributed by atoms with van der Waals surface area (Å²) in [7, 11) is 0. The Labute approximate surface area is 154 Å². The second kappa shape index (κ2) is 6.23. The Morgan fingerprint density at radius 1 is 1.32 bits per heavy atom. The van der Waals surface area contributed by atoms with Gasteiger partial charge in [0, 0.05) is 9.35 Å². The van der Waals surface area contributed by atoms with Crippen LogP contribution in [0.1, 0.15) is 10.4 Å². The van der Waals surface area contributed by atoms with E-state index in [0.717, 1.165) is 24.4 Å². The lowest BCUT2D eigenvalue weighted by atomic mass is 10.2. The van der Waals surface area contributed by atoms with Crippen LogP contribution < -0.4 is 10.2 Å². The van der Waals surface area contributed by atoms with E-state index in [2.05, 4.69) is 37.2 Å². The summed E-state index contributed by atoms with van der Waals surface area (Å²) in [6.45, 7) is 1.98. The quantitative estimate of drug-likeness (QED) is 0.517. The minimum absolute atomic E-state index is 0.142. The number of halogens is 2. The molecule has 0 atom stereocenters. The molecule has 3 nitrogen and oxygen atoms in total. The molecule has 0 radical (unpaired) electrons. The van der Waals surface area contributed by atoms with Gasteiger partial charge in [0.1, 0.15) is 5.70 Å². The van der Waals surface area contributed by atoms with Gasteiger partial charge in [-0.15, -0.1) is 11.3 Å². The minimum Gasteiger partial charge on any atom is -0.327 e. The molecule has 1 aliphatic rings. The number of amides is 1. The van der Waals surface area contributed by atoms with Crippen molar-refractivity contribution in [1.82, 2.24) is 5.32 Å². The molecule has 7 heteroatoms. The second-order valence-electron chi connectivity index (χ2n) is 4.74. The van der Waals surface area contributed by atoms with Crippen LogP contribution in [-0.2, 0) is 4.79 Å². The lowest BCUT2D eigenvalue weighted by Gasteiger charge is -2.14. The Hall–Kier alpha value is -1.02. The van der Waals surface area contributed by atoms with Crippen LogP contribution in [0.3, 0.4) is 0 Å². The number of rotatable bonds is 2. The average Bonchev–Trinajstić information content (AvgIpc) is 2.90. The van der Waals surface area contributed by atoms with Crippen molar-refractivity contribution in [2.45, 2.75) is 6.92 Å². The summed E-state index contributed by atoms with van der Waals surface area (Å²) in [5.74, 6) is -0.142. The van der Waals surface area contributed by atoms with Crippen molar-refractivity contribution < 1.29 is 4.79 Å². The Kier molecular flexibility index (Phi) is 4.49. The van der Waals surface area contributed by atoms with Crippen molar-refractivity contribution in [3.63, 3.8) is 0 Å². The van der Waals surface area contributed by atoms with Gasteiger partial charge >= 0.3 is 0 Å². The van der Waals surface area contributed by atoms with E-state index in [0.29, 0.717) is 10.8 Å². The highest BCUT2D eigenvalue weighted by Crippen LogP contribution is 2.34. The molecule has 1 aromatic carbocycles. The fraction of sp³-hybridized carbons (Fsp3) is 0.0667. The number of thiocarbonyl (C=S) groups is 1. The van der Waals surface area contributed by atoms with Gasteiger partial charge in [0.2, 0.25) is 0 Å². The molecule has 1 saturated heterocycles. The highest BCUT2D eigenvalue weighted by Gasteiger charge is 2.32. The Morgan fingerprint density at radius 3 is 2.73 bits per heavy atom. The molecule has 0 unspecified atom stereocenters. The fourth-order valence-corrected chi connectivity index (χ4v) is 4.44. The summed E-state index contributed by atoms with van der Waals surface area (Å²) in [6.07, 6.45) is 1.81. The van der Waals surface area contributed by atoms with E-state index in [9.17, 15) is 4.79 Å². The molecule has 0 bridgehead atoms. The topological polar surface area (TPSA) is 32.3 Å². The molecular formula is C15H10Br2N2OS2. The predicted octanol–water partition coefficient (Wildman–Crippen LogP) is 4.84. The predicted molar refractivity (Wildman–Crippen MR) is 102 cm³/mol.